The number of aromatic nitrogens is 4. The van der Waals surface area contributed by atoms with E-state index in [1.807, 2.05) is 31.3 Å². The van der Waals surface area contributed by atoms with E-state index in [0.717, 1.165) is 16.2 Å². The maximum absolute atomic E-state index is 5.25. The van der Waals surface area contributed by atoms with Crippen LogP contribution in [0.3, 0.4) is 0 Å². The Labute approximate surface area is 130 Å². The Morgan fingerprint density at radius 2 is 2.05 bits per heavy atom. The van der Waals surface area contributed by atoms with E-state index in [4.69, 9.17) is 8.94 Å². The van der Waals surface area contributed by atoms with Crippen LogP contribution in [0.25, 0.3) is 22.6 Å². The van der Waals surface area contributed by atoms with Crippen LogP contribution in [-0.4, -0.2) is 19.7 Å². The number of hydrogen-bond donors (Lipinski definition) is 0. The van der Waals surface area contributed by atoms with Crippen molar-refractivity contribution in [3.63, 3.8) is 0 Å². The highest BCUT2D eigenvalue weighted by molar-refractivity contribution is 7.98. The summed E-state index contributed by atoms with van der Waals surface area (Å²) in [5.41, 5.74) is 2.08. The lowest BCUT2D eigenvalue weighted by molar-refractivity contribution is 0.390. The third-order valence-electron chi connectivity index (χ3n) is 3.28. The summed E-state index contributed by atoms with van der Waals surface area (Å²) in [5, 5.41) is 4.83. The van der Waals surface area contributed by atoms with Crippen molar-refractivity contribution in [3.8, 4) is 11.6 Å². The summed E-state index contributed by atoms with van der Waals surface area (Å²) >= 11 is 1.56. The number of rotatable bonds is 4. The molecule has 0 saturated heterocycles. The molecule has 4 aromatic rings. The second kappa shape index (κ2) is 5.34. The molecule has 0 aliphatic heterocycles. The fourth-order valence-corrected chi connectivity index (χ4v) is 3.02. The van der Waals surface area contributed by atoms with Gasteiger partial charge in [0.25, 0.3) is 0 Å². The fraction of sp³-hybridized carbons (Fsp3) is 0.133. The molecule has 7 heteroatoms. The summed E-state index contributed by atoms with van der Waals surface area (Å²) in [5.74, 6) is 2.17. The van der Waals surface area contributed by atoms with Crippen LogP contribution in [0.5, 0.6) is 0 Å². The first kappa shape index (κ1) is 13.1. The van der Waals surface area contributed by atoms with Crippen molar-refractivity contribution in [1.29, 1.82) is 0 Å². The average Bonchev–Trinajstić information content (AvgIpc) is 3.26. The highest BCUT2D eigenvalue weighted by Crippen LogP contribution is 2.26. The molecule has 0 aliphatic rings. The Bertz CT molecular complexity index is 911. The Morgan fingerprint density at radius 1 is 1.14 bits per heavy atom. The molecule has 1 aromatic carbocycles. The number of furan rings is 1. The summed E-state index contributed by atoms with van der Waals surface area (Å²) in [6.07, 6.45) is 1.58. The molecule has 0 unspecified atom stereocenters. The first-order valence-corrected chi connectivity index (χ1v) is 7.70. The van der Waals surface area contributed by atoms with Crippen molar-refractivity contribution < 1.29 is 8.94 Å². The predicted molar refractivity (Wildman–Crippen MR) is 82.3 cm³/mol. The summed E-state index contributed by atoms with van der Waals surface area (Å²) in [4.78, 5) is 8.92. The molecule has 3 heterocycles. The molecule has 0 amide bonds. The Kier molecular flexibility index (Phi) is 3.19. The normalized spacial score (nSPS) is 11.3. The van der Waals surface area contributed by atoms with Gasteiger partial charge in [0.15, 0.2) is 10.9 Å². The zero-order valence-corrected chi connectivity index (χ0v) is 12.6. The van der Waals surface area contributed by atoms with Crippen LogP contribution in [0, 0.1) is 0 Å². The van der Waals surface area contributed by atoms with Crippen LogP contribution < -0.4 is 0 Å². The van der Waals surface area contributed by atoms with Crippen molar-refractivity contribution in [1.82, 2.24) is 19.7 Å². The van der Waals surface area contributed by atoms with E-state index in [2.05, 4.69) is 19.7 Å². The summed E-state index contributed by atoms with van der Waals surface area (Å²) in [6, 6.07) is 11.6. The van der Waals surface area contributed by atoms with E-state index < -0.39 is 0 Å². The van der Waals surface area contributed by atoms with Crippen molar-refractivity contribution >= 4 is 22.8 Å². The minimum absolute atomic E-state index is 0.464. The lowest BCUT2D eigenvalue weighted by Gasteiger charge is -1.99. The van der Waals surface area contributed by atoms with E-state index in [0.29, 0.717) is 23.2 Å². The molecule has 0 atom stereocenters. The first-order chi connectivity index (χ1) is 10.8. The van der Waals surface area contributed by atoms with Crippen LogP contribution in [0.15, 0.2) is 56.8 Å². The highest BCUT2D eigenvalue weighted by Gasteiger charge is 2.13. The van der Waals surface area contributed by atoms with Crippen LogP contribution in [0.4, 0.5) is 0 Å². The van der Waals surface area contributed by atoms with Crippen LogP contribution in [-0.2, 0) is 12.8 Å². The van der Waals surface area contributed by atoms with Gasteiger partial charge in [0.2, 0.25) is 11.7 Å². The van der Waals surface area contributed by atoms with Gasteiger partial charge in [-0.3, -0.25) is 0 Å². The third kappa shape index (κ3) is 2.29. The highest BCUT2D eigenvalue weighted by atomic mass is 32.2. The number of nitrogens with zero attached hydrogens (tertiary/aromatic N) is 4. The molecule has 0 bridgehead atoms. The molecule has 0 aliphatic carbocycles. The Morgan fingerprint density at radius 3 is 2.86 bits per heavy atom. The van der Waals surface area contributed by atoms with Crippen molar-refractivity contribution in [3.05, 3.63) is 48.6 Å². The number of imidazole rings is 1. The predicted octanol–water partition coefficient (Wildman–Crippen LogP) is 3.51. The van der Waals surface area contributed by atoms with Gasteiger partial charge in [-0.15, -0.1) is 0 Å². The zero-order chi connectivity index (χ0) is 14.9. The molecule has 0 fully saturated rings. The van der Waals surface area contributed by atoms with Gasteiger partial charge in [-0.2, -0.15) is 4.98 Å². The molecule has 3 aromatic heterocycles. The summed E-state index contributed by atoms with van der Waals surface area (Å²) in [7, 11) is 2.00. The number of para-hydroxylation sites is 2. The van der Waals surface area contributed by atoms with Gasteiger partial charge >= 0.3 is 0 Å². The summed E-state index contributed by atoms with van der Waals surface area (Å²) in [6.45, 7) is 0. The second-order valence-electron chi connectivity index (χ2n) is 4.72. The molecule has 110 valence electrons. The molecule has 0 saturated carbocycles. The molecule has 4 rings (SSSR count). The molecular weight excluding hydrogens is 300 g/mol. The number of thioether (sulfide) groups is 1. The lowest BCUT2D eigenvalue weighted by atomic mass is 10.3. The minimum Gasteiger partial charge on any atom is -0.461 e. The molecule has 22 heavy (non-hydrogen) atoms. The second-order valence-corrected chi connectivity index (χ2v) is 5.66. The van der Waals surface area contributed by atoms with E-state index in [9.17, 15) is 0 Å². The van der Waals surface area contributed by atoms with Gasteiger partial charge in [0.1, 0.15) is 0 Å². The first-order valence-electron chi connectivity index (χ1n) is 6.72. The number of aryl methyl sites for hydroxylation is 1. The minimum atomic E-state index is 0.464. The maximum Gasteiger partial charge on any atom is 0.238 e. The van der Waals surface area contributed by atoms with Crippen LogP contribution >= 0.6 is 11.8 Å². The molecule has 0 radical (unpaired) electrons. The molecule has 6 nitrogen and oxygen atoms in total. The molecule has 0 spiro atoms. The number of fused-ring (bicyclic) bond motifs is 1. The van der Waals surface area contributed by atoms with Crippen LogP contribution in [0.2, 0.25) is 0 Å². The standard InChI is InChI=1S/C15H12N4O2S/c1-19-11-6-3-2-5-10(11)16-15(19)22-9-13-17-14(18-21-13)12-7-4-8-20-12/h2-8H,9H2,1H3. The number of hydrogen-bond acceptors (Lipinski definition) is 6. The van der Waals surface area contributed by atoms with Gasteiger partial charge < -0.3 is 13.5 Å². The molecular formula is C15H12N4O2S. The van der Waals surface area contributed by atoms with Crippen molar-refractivity contribution in [2.75, 3.05) is 0 Å². The maximum atomic E-state index is 5.25. The monoisotopic (exact) mass is 312 g/mol. The zero-order valence-electron chi connectivity index (χ0n) is 11.8. The Balaban J connectivity index is 1.53. The smallest absolute Gasteiger partial charge is 0.238 e. The van der Waals surface area contributed by atoms with Gasteiger partial charge in [0.05, 0.1) is 23.0 Å². The fourth-order valence-electron chi connectivity index (χ4n) is 2.20. The quantitative estimate of drug-likeness (QED) is 0.537. The lowest BCUT2D eigenvalue weighted by Crippen LogP contribution is -1.91. The third-order valence-corrected chi connectivity index (χ3v) is 4.30. The van der Waals surface area contributed by atoms with E-state index in [1.54, 1.807) is 30.2 Å². The van der Waals surface area contributed by atoms with Gasteiger partial charge in [-0.25, -0.2) is 4.98 Å². The van der Waals surface area contributed by atoms with Gasteiger partial charge in [-0.05, 0) is 24.3 Å². The van der Waals surface area contributed by atoms with Crippen molar-refractivity contribution in [2.24, 2.45) is 7.05 Å². The van der Waals surface area contributed by atoms with Crippen LogP contribution in [0.1, 0.15) is 5.89 Å². The van der Waals surface area contributed by atoms with E-state index in [1.165, 1.54) is 0 Å². The van der Waals surface area contributed by atoms with Crippen molar-refractivity contribution in [2.45, 2.75) is 10.9 Å². The largest absolute Gasteiger partial charge is 0.461 e. The summed E-state index contributed by atoms with van der Waals surface area (Å²) < 4.78 is 12.6. The van der Waals surface area contributed by atoms with Gasteiger partial charge in [-0.1, -0.05) is 29.1 Å². The van der Waals surface area contributed by atoms with Gasteiger partial charge in [0, 0.05) is 7.05 Å². The topological polar surface area (TPSA) is 69.9 Å². The number of benzene rings is 1. The van der Waals surface area contributed by atoms with E-state index in [-0.39, 0.29) is 0 Å². The molecule has 0 N–H and O–H groups in total. The average molecular weight is 312 g/mol. The van der Waals surface area contributed by atoms with E-state index >= 15 is 0 Å². The Hall–Kier alpha value is -2.54. The SMILES string of the molecule is Cn1c(SCc2nc(-c3ccco3)no2)nc2ccccc21.